The molecule has 0 aliphatic heterocycles. The molecule has 0 atom stereocenters. The number of aliphatic carboxylic acids is 2. The summed E-state index contributed by atoms with van der Waals surface area (Å²) in [5, 5.41) is 30.7. The minimum atomic E-state index is -6.50. The van der Waals surface area contributed by atoms with E-state index in [1.807, 2.05) is 0 Å². The number of hydrogen-bond donors (Lipinski definition) is 4. The SMILES string of the molecule is C=CC(=O)O.C=CC(=O)O.OCC(F)(F)C(F)(F)C(F)(F)C(F)(F)CO. The molecule has 0 aromatic rings. The molecule has 0 fully saturated rings. The van der Waals surface area contributed by atoms with Crippen molar-refractivity contribution in [2.45, 2.75) is 23.7 Å². The smallest absolute Gasteiger partial charge is 0.380 e. The summed E-state index contributed by atoms with van der Waals surface area (Å²) >= 11 is 0. The Balaban J connectivity index is -0.000000433. The van der Waals surface area contributed by atoms with Crippen LogP contribution >= 0.6 is 0 Å². The number of alkyl halides is 8. The van der Waals surface area contributed by atoms with Crippen molar-refractivity contribution in [2.24, 2.45) is 0 Å². The summed E-state index contributed by atoms with van der Waals surface area (Å²) in [4.78, 5) is 18.5. The zero-order valence-electron chi connectivity index (χ0n) is 12.6. The number of aliphatic hydroxyl groups is 2. The van der Waals surface area contributed by atoms with E-state index < -0.39 is 48.8 Å². The lowest BCUT2D eigenvalue weighted by Gasteiger charge is -2.35. The largest absolute Gasteiger partial charge is 0.478 e. The van der Waals surface area contributed by atoms with Gasteiger partial charge in [-0.1, -0.05) is 13.2 Å². The Hall–Kier alpha value is -2.22. The summed E-state index contributed by atoms with van der Waals surface area (Å²) in [6, 6.07) is 0. The maximum atomic E-state index is 12.4. The summed E-state index contributed by atoms with van der Waals surface area (Å²) in [6.07, 6.45) is 1.67. The van der Waals surface area contributed by atoms with Gasteiger partial charge in [0.2, 0.25) is 0 Å². The van der Waals surface area contributed by atoms with Gasteiger partial charge in [-0.25, -0.2) is 9.59 Å². The fourth-order valence-electron chi connectivity index (χ4n) is 0.658. The van der Waals surface area contributed by atoms with E-state index >= 15 is 0 Å². The monoisotopic (exact) mass is 406 g/mol. The first-order valence-corrected chi connectivity index (χ1v) is 5.85. The third-order valence-corrected chi connectivity index (χ3v) is 2.06. The van der Waals surface area contributed by atoms with Crippen LogP contribution in [0.2, 0.25) is 0 Å². The van der Waals surface area contributed by atoms with Crippen LogP contribution in [0.1, 0.15) is 0 Å². The van der Waals surface area contributed by atoms with Crippen LogP contribution in [0.4, 0.5) is 35.1 Å². The number of carbonyl (C=O) groups is 2. The molecule has 0 aromatic heterocycles. The molecule has 4 N–H and O–H groups in total. The lowest BCUT2D eigenvalue weighted by molar-refractivity contribution is -0.373. The highest BCUT2D eigenvalue weighted by Crippen LogP contribution is 2.52. The van der Waals surface area contributed by atoms with Gasteiger partial charge in [0.15, 0.2) is 0 Å². The molecule has 0 rings (SSSR count). The molecule has 14 heteroatoms. The number of halogens is 8. The second-order valence-electron chi connectivity index (χ2n) is 3.96. The minimum absolute atomic E-state index is 0.833. The maximum absolute atomic E-state index is 12.4. The van der Waals surface area contributed by atoms with E-state index in [2.05, 4.69) is 13.2 Å². The highest BCUT2D eigenvalue weighted by molar-refractivity contribution is 5.79. The van der Waals surface area contributed by atoms with Gasteiger partial charge in [0.25, 0.3) is 0 Å². The first kappa shape index (κ1) is 28.6. The molecule has 0 aliphatic carbocycles. The normalized spacial score (nSPS) is 11.9. The number of hydrogen-bond acceptors (Lipinski definition) is 4. The van der Waals surface area contributed by atoms with Crippen LogP contribution in [0.3, 0.4) is 0 Å². The number of aliphatic hydroxyl groups excluding tert-OH is 2. The molecule has 0 saturated carbocycles. The molecule has 0 spiro atoms. The van der Waals surface area contributed by atoms with Gasteiger partial charge in [0.05, 0.1) is 0 Å². The van der Waals surface area contributed by atoms with Crippen molar-refractivity contribution < 1.29 is 65.1 Å². The summed E-state index contributed by atoms with van der Waals surface area (Å²) in [7, 11) is 0. The Bertz CT molecular complexity index is 448. The predicted octanol–water partition coefficient (Wildman–Crippen LogP) is 2.03. The molecular formula is C12H14F8O6. The maximum Gasteiger partial charge on any atom is 0.380 e. The Morgan fingerprint density at radius 1 is 0.692 bits per heavy atom. The molecule has 0 heterocycles. The molecule has 26 heavy (non-hydrogen) atoms. The Kier molecular flexibility index (Phi) is 11.8. The van der Waals surface area contributed by atoms with E-state index in [1.54, 1.807) is 0 Å². The van der Waals surface area contributed by atoms with Gasteiger partial charge in [-0.2, -0.15) is 35.1 Å². The minimum Gasteiger partial charge on any atom is -0.478 e. The first-order valence-electron chi connectivity index (χ1n) is 5.85. The van der Waals surface area contributed by atoms with Crippen molar-refractivity contribution in [3.8, 4) is 0 Å². The third kappa shape index (κ3) is 7.77. The number of carboxylic acids is 2. The third-order valence-electron chi connectivity index (χ3n) is 2.06. The summed E-state index contributed by atoms with van der Waals surface area (Å²) < 4.78 is 98.4. The molecule has 0 radical (unpaired) electrons. The average Bonchev–Trinajstić information content (AvgIpc) is 2.55. The molecule has 0 aromatic carbocycles. The van der Waals surface area contributed by atoms with Crippen LogP contribution in [0.15, 0.2) is 25.3 Å². The second kappa shape index (κ2) is 10.7. The Labute approximate surface area is 140 Å². The van der Waals surface area contributed by atoms with Crippen molar-refractivity contribution in [3.63, 3.8) is 0 Å². The van der Waals surface area contributed by atoms with E-state index in [-0.39, 0.29) is 0 Å². The molecular weight excluding hydrogens is 392 g/mol. The Morgan fingerprint density at radius 3 is 0.923 bits per heavy atom. The van der Waals surface area contributed by atoms with Crippen LogP contribution in [0.25, 0.3) is 0 Å². The predicted molar refractivity (Wildman–Crippen MR) is 69.6 cm³/mol. The molecule has 154 valence electrons. The van der Waals surface area contributed by atoms with Gasteiger partial charge < -0.3 is 20.4 Å². The molecule has 6 nitrogen and oxygen atoms in total. The highest BCUT2D eigenvalue weighted by atomic mass is 19.4. The van der Waals surface area contributed by atoms with Gasteiger partial charge in [-0.15, -0.1) is 0 Å². The molecule has 0 unspecified atom stereocenters. The molecule has 0 bridgehead atoms. The fourth-order valence-corrected chi connectivity index (χ4v) is 0.658. The fraction of sp³-hybridized carbons (Fsp3) is 0.500. The van der Waals surface area contributed by atoms with Crippen molar-refractivity contribution in [2.75, 3.05) is 13.2 Å². The van der Waals surface area contributed by atoms with E-state index in [9.17, 15) is 44.7 Å². The zero-order chi connectivity index (χ0) is 22.0. The number of rotatable bonds is 7. The Morgan fingerprint density at radius 2 is 0.846 bits per heavy atom. The van der Waals surface area contributed by atoms with E-state index in [0.29, 0.717) is 0 Å². The van der Waals surface area contributed by atoms with Crippen molar-refractivity contribution in [1.29, 1.82) is 0 Å². The van der Waals surface area contributed by atoms with Crippen LogP contribution in [0.5, 0.6) is 0 Å². The average molecular weight is 406 g/mol. The van der Waals surface area contributed by atoms with Gasteiger partial charge in [-0.3, -0.25) is 0 Å². The van der Waals surface area contributed by atoms with Gasteiger partial charge in [0, 0.05) is 12.2 Å². The topological polar surface area (TPSA) is 115 Å². The van der Waals surface area contributed by atoms with Crippen LogP contribution in [0, 0.1) is 0 Å². The zero-order valence-corrected chi connectivity index (χ0v) is 12.6. The van der Waals surface area contributed by atoms with Crippen molar-refractivity contribution >= 4 is 11.9 Å². The summed E-state index contributed by atoms with van der Waals surface area (Å²) in [6.45, 7) is 0.443. The second-order valence-corrected chi connectivity index (χ2v) is 3.96. The number of carboxylic acid groups (broad SMARTS) is 2. The van der Waals surface area contributed by atoms with E-state index in [0.717, 1.165) is 12.2 Å². The highest BCUT2D eigenvalue weighted by Gasteiger charge is 2.80. The standard InChI is InChI=1S/C6H6F8O2.2C3H4O2/c7-3(8,1-15)5(11,12)6(13,14)4(9,10)2-16;2*1-2-3(4)5/h15-16H,1-2H2;2*2H,1H2,(H,4,5). The quantitative estimate of drug-likeness (QED) is 0.380. The van der Waals surface area contributed by atoms with Crippen LogP contribution < -0.4 is 0 Å². The summed E-state index contributed by atoms with van der Waals surface area (Å²) in [5.41, 5.74) is 0. The van der Waals surface area contributed by atoms with E-state index in [4.69, 9.17) is 20.4 Å². The van der Waals surface area contributed by atoms with Crippen LogP contribution in [-0.4, -0.2) is 69.3 Å². The van der Waals surface area contributed by atoms with Gasteiger partial charge in [-0.05, 0) is 0 Å². The molecule has 0 amide bonds. The van der Waals surface area contributed by atoms with Gasteiger partial charge >= 0.3 is 35.6 Å². The van der Waals surface area contributed by atoms with Crippen LogP contribution in [-0.2, 0) is 9.59 Å². The van der Waals surface area contributed by atoms with Crippen molar-refractivity contribution in [1.82, 2.24) is 0 Å². The lowest BCUT2D eigenvalue weighted by atomic mass is 9.99. The molecule has 0 aliphatic rings. The van der Waals surface area contributed by atoms with Crippen molar-refractivity contribution in [3.05, 3.63) is 25.3 Å². The molecule has 0 saturated heterocycles. The van der Waals surface area contributed by atoms with Gasteiger partial charge in [0.1, 0.15) is 13.2 Å². The first-order chi connectivity index (χ1) is 11.4. The summed E-state index contributed by atoms with van der Waals surface area (Å²) in [5.74, 6) is -26.4. The lowest BCUT2D eigenvalue weighted by Crippen LogP contribution is -2.64. The van der Waals surface area contributed by atoms with E-state index in [1.165, 1.54) is 0 Å².